The van der Waals surface area contributed by atoms with Gasteiger partial charge in [0, 0.05) is 37.8 Å². The van der Waals surface area contributed by atoms with Crippen molar-refractivity contribution in [2.75, 3.05) is 19.6 Å². The van der Waals surface area contributed by atoms with Crippen molar-refractivity contribution in [3.63, 3.8) is 0 Å². The number of hydrogen-bond acceptors (Lipinski definition) is 5. The molecular formula is C33H41F2N3O4. The molecule has 0 aliphatic carbocycles. The monoisotopic (exact) mass is 581 g/mol. The van der Waals surface area contributed by atoms with Gasteiger partial charge in [0.2, 0.25) is 0 Å². The molecule has 3 aromatic rings. The van der Waals surface area contributed by atoms with Crippen molar-refractivity contribution in [2.24, 2.45) is 0 Å². The fourth-order valence-electron chi connectivity index (χ4n) is 4.86. The maximum Gasteiger partial charge on any atom is 0.257 e. The number of phenols is 1. The lowest BCUT2D eigenvalue weighted by Gasteiger charge is -2.25. The molecule has 0 saturated heterocycles. The lowest BCUT2D eigenvalue weighted by atomic mass is 9.99. The second-order valence-electron chi connectivity index (χ2n) is 10.5. The number of nitrogens with zero attached hydrogens (tertiary/aromatic N) is 1. The summed E-state index contributed by atoms with van der Waals surface area (Å²) in [5, 5.41) is 27.5. The Hall–Kier alpha value is -3.82. The van der Waals surface area contributed by atoms with Gasteiger partial charge in [-0.1, -0.05) is 45.0 Å². The number of carbonyl (C=O) groups is 2. The van der Waals surface area contributed by atoms with Crippen LogP contribution in [0.3, 0.4) is 0 Å². The summed E-state index contributed by atoms with van der Waals surface area (Å²) >= 11 is 0. The fourth-order valence-corrected chi connectivity index (χ4v) is 4.86. The van der Waals surface area contributed by atoms with Gasteiger partial charge in [0.15, 0.2) is 0 Å². The van der Waals surface area contributed by atoms with Crippen LogP contribution in [0.25, 0.3) is 0 Å². The van der Waals surface area contributed by atoms with Crippen molar-refractivity contribution in [1.82, 2.24) is 15.5 Å². The van der Waals surface area contributed by atoms with Gasteiger partial charge < -0.3 is 25.7 Å². The van der Waals surface area contributed by atoms with Gasteiger partial charge in [-0.15, -0.1) is 0 Å². The summed E-state index contributed by atoms with van der Waals surface area (Å²) < 4.78 is 27.9. The van der Waals surface area contributed by atoms with Gasteiger partial charge in [-0.2, -0.15) is 0 Å². The first-order valence-electron chi connectivity index (χ1n) is 14.5. The van der Waals surface area contributed by atoms with Crippen LogP contribution in [0.15, 0.2) is 60.7 Å². The molecule has 0 spiro atoms. The average Bonchev–Trinajstić information content (AvgIpc) is 2.96. The largest absolute Gasteiger partial charge is 0.507 e. The number of amides is 2. The highest BCUT2D eigenvalue weighted by atomic mass is 19.1. The van der Waals surface area contributed by atoms with Crippen LogP contribution in [-0.2, 0) is 19.4 Å². The summed E-state index contributed by atoms with van der Waals surface area (Å²) in [6, 6.07) is 14.2. The Morgan fingerprint density at radius 2 is 1.55 bits per heavy atom. The molecule has 3 aromatic carbocycles. The van der Waals surface area contributed by atoms with Crippen molar-refractivity contribution in [1.29, 1.82) is 0 Å². The first kappa shape index (κ1) is 32.7. The van der Waals surface area contributed by atoms with E-state index in [0.29, 0.717) is 19.6 Å². The van der Waals surface area contributed by atoms with E-state index in [-0.39, 0.29) is 41.3 Å². The van der Waals surface area contributed by atoms with Gasteiger partial charge >= 0.3 is 0 Å². The quantitative estimate of drug-likeness (QED) is 0.203. The van der Waals surface area contributed by atoms with Crippen LogP contribution in [0, 0.1) is 11.6 Å². The summed E-state index contributed by atoms with van der Waals surface area (Å²) in [6.45, 7) is 7.57. The van der Waals surface area contributed by atoms with Crippen molar-refractivity contribution in [3.8, 4) is 5.75 Å². The smallest absolute Gasteiger partial charge is 0.257 e. The number of hydrogen-bond donors (Lipinski definition) is 4. The van der Waals surface area contributed by atoms with Gasteiger partial charge in [0.05, 0.1) is 17.7 Å². The number of benzene rings is 3. The van der Waals surface area contributed by atoms with Crippen LogP contribution in [0.2, 0.25) is 0 Å². The molecule has 2 atom stereocenters. The third kappa shape index (κ3) is 9.36. The molecule has 0 unspecified atom stereocenters. The van der Waals surface area contributed by atoms with E-state index in [1.165, 1.54) is 23.8 Å². The lowest BCUT2D eigenvalue weighted by molar-refractivity contribution is 0.0752. The number of aliphatic hydroxyl groups excluding tert-OH is 1. The zero-order chi connectivity index (χ0) is 30.6. The zero-order valence-corrected chi connectivity index (χ0v) is 24.5. The molecular weight excluding hydrogens is 540 g/mol. The van der Waals surface area contributed by atoms with Gasteiger partial charge in [-0.25, -0.2) is 8.78 Å². The minimum absolute atomic E-state index is 0.00447. The van der Waals surface area contributed by atoms with Crippen LogP contribution in [0.4, 0.5) is 8.78 Å². The number of aliphatic hydroxyl groups is 1. The number of phenolic OH excluding ortho intramolecular Hbond substituents is 1. The maximum atomic E-state index is 13.9. The Labute approximate surface area is 246 Å². The second-order valence-corrected chi connectivity index (χ2v) is 10.5. The minimum Gasteiger partial charge on any atom is -0.507 e. The van der Waals surface area contributed by atoms with Gasteiger partial charge in [-0.05, 0) is 72.7 Å². The van der Waals surface area contributed by atoms with E-state index in [2.05, 4.69) is 23.6 Å². The van der Waals surface area contributed by atoms with Crippen LogP contribution in [-0.4, -0.2) is 58.7 Å². The number of halogens is 2. The van der Waals surface area contributed by atoms with Gasteiger partial charge in [-0.3, -0.25) is 9.59 Å². The lowest BCUT2D eigenvalue weighted by Crippen LogP contribution is -2.48. The zero-order valence-electron chi connectivity index (χ0n) is 24.5. The van der Waals surface area contributed by atoms with Crippen LogP contribution < -0.4 is 10.6 Å². The molecule has 2 amide bonds. The number of nitrogens with one attached hydrogen (secondary N) is 2. The highest BCUT2D eigenvalue weighted by Crippen LogP contribution is 2.22. The van der Waals surface area contributed by atoms with Gasteiger partial charge in [0.1, 0.15) is 17.4 Å². The molecule has 42 heavy (non-hydrogen) atoms. The predicted molar refractivity (Wildman–Crippen MR) is 159 cm³/mol. The van der Waals surface area contributed by atoms with E-state index >= 15 is 0 Å². The Morgan fingerprint density at radius 3 is 2.19 bits per heavy atom. The van der Waals surface area contributed by atoms with Crippen molar-refractivity contribution < 1.29 is 28.6 Å². The summed E-state index contributed by atoms with van der Waals surface area (Å²) in [6.07, 6.45) is 1.22. The normalized spacial score (nSPS) is 12.5. The SMILES string of the molecule is CCCN(CCC)C(=O)c1cc(C(=O)N[C@@H](Cc2cc(F)cc(F)c2)[C@H](O)CNCc2cccc(CC)c2)ccc1O. The van der Waals surface area contributed by atoms with E-state index in [9.17, 15) is 28.6 Å². The summed E-state index contributed by atoms with van der Waals surface area (Å²) in [5.74, 6) is -2.74. The number of aryl methyl sites for hydroxylation is 1. The number of aromatic hydroxyl groups is 1. The minimum atomic E-state index is -1.11. The van der Waals surface area contributed by atoms with E-state index in [0.717, 1.165) is 43.0 Å². The molecule has 9 heteroatoms. The first-order valence-corrected chi connectivity index (χ1v) is 14.5. The topological polar surface area (TPSA) is 102 Å². The summed E-state index contributed by atoms with van der Waals surface area (Å²) in [7, 11) is 0. The standard InChI is InChI=1S/C33H41F2N3O4/c1-4-12-38(13-5-2)33(42)28-18-25(10-11-30(28)39)32(41)37-29(17-24-15-26(34)19-27(35)16-24)31(40)21-36-20-23-9-7-8-22(6-3)14-23/h7-11,14-16,18-19,29,31,36,39-40H,4-6,12-13,17,20-21H2,1-3H3,(H,37,41)/t29-,31+/m0/s1. The fraction of sp³-hybridized carbons (Fsp3) is 0.394. The third-order valence-electron chi connectivity index (χ3n) is 7.00. The Balaban J connectivity index is 1.80. The van der Waals surface area contributed by atoms with Crippen molar-refractivity contribution >= 4 is 11.8 Å². The van der Waals surface area contributed by atoms with Crippen LogP contribution in [0.5, 0.6) is 5.75 Å². The first-order chi connectivity index (χ1) is 20.1. The summed E-state index contributed by atoms with van der Waals surface area (Å²) in [4.78, 5) is 28.1. The molecule has 0 fully saturated rings. The second kappa shape index (κ2) is 16.0. The predicted octanol–water partition coefficient (Wildman–Crippen LogP) is 4.99. The maximum absolute atomic E-state index is 13.9. The third-order valence-corrected chi connectivity index (χ3v) is 7.00. The molecule has 0 saturated carbocycles. The number of carbonyl (C=O) groups excluding carboxylic acids is 2. The Morgan fingerprint density at radius 1 is 0.881 bits per heavy atom. The van der Waals surface area contributed by atoms with E-state index in [1.54, 1.807) is 4.90 Å². The highest BCUT2D eigenvalue weighted by molar-refractivity contribution is 6.01. The van der Waals surface area contributed by atoms with E-state index < -0.39 is 29.7 Å². The molecule has 4 N–H and O–H groups in total. The average molecular weight is 582 g/mol. The van der Waals surface area contributed by atoms with Crippen LogP contribution in [0.1, 0.15) is 71.0 Å². The molecule has 7 nitrogen and oxygen atoms in total. The Kier molecular flexibility index (Phi) is 12.4. The molecule has 3 rings (SSSR count). The Bertz CT molecular complexity index is 1320. The van der Waals surface area contributed by atoms with Crippen molar-refractivity contribution in [3.05, 3.63) is 100 Å². The molecule has 0 bridgehead atoms. The molecule has 0 aliphatic rings. The van der Waals surface area contributed by atoms with E-state index in [1.807, 2.05) is 32.0 Å². The highest BCUT2D eigenvalue weighted by Gasteiger charge is 2.25. The number of rotatable bonds is 15. The molecule has 0 heterocycles. The molecule has 0 radical (unpaired) electrons. The van der Waals surface area contributed by atoms with Crippen LogP contribution >= 0.6 is 0 Å². The molecule has 0 aromatic heterocycles. The molecule has 0 aliphatic heterocycles. The summed E-state index contributed by atoms with van der Waals surface area (Å²) in [5.41, 5.74) is 2.60. The van der Waals surface area contributed by atoms with E-state index in [4.69, 9.17) is 0 Å². The van der Waals surface area contributed by atoms with Crippen molar-refractivity contribution in [2.45, 2.75) is 65.1 Å². The van der Waals surface area contributed by atoms with Gasteiger partial charge in [0.25, 0.3) is 11.8 Å². The molecule has 226 valence electrons.